The van der Waals surface area contributed by atoms with Gasteiger partial charge in [0.05, 0.1) is 6.26 Å². The lowest BCUT2D eigenvalue weighted by atomic mass is 10.0. The van der Waals surface area contributed by atoms with Gasteiger partial charge in [0.1, 0.15) is 17.3 Å². The first-order valence-electron chi connectivity index (χ1n) is 14.6. The van der Waals surface area contributed by atoms with Crippen LogP contribution in [0.2, 0.25) is 0 Å². The summed E-state index contributed by atoms with van der Waals surface area (Å²) < 4.78 is 44.5. The monoisotopic (exact) mass is 616 g/mol. The first-order valence-corrected chi connectivity index (χ1v) is 16.5. The van der Waals surface area contributed by atoms with Gasteiger partial charge < -0.3 is 15.0 Å². The van der Waals surface area contributed by atoms with E-state index in [2.05, 4.69) is 27.1 Å². The molecule has 0 unspecified atom stereocenters. The molecule has 1 fully saturated rings. The summed E-state index contributed by atoms with van der Waals surface area (Å²) >= 11 is 0. The molecule has 230 valence electrons. The van der Waals surface area contributed by atoms with Crippen LogP contribution in [0.4, 0.5) is 20.6 Å². The molecule has 0 bridgehead atoms. The molecule has 5 rings (SSSR count). The molecule has 1 heterocycles. The molecule has 0 radical (unpaired) electrons. The van der Waals surface area contributed by atoms with Gasteiger partial charge in [0.2, 0.25) is 10.0 Å². The summed E-state index contributed by atoms with van der Waals surface area (Å²) in [4.78, 5) is 17.7. The van der Waals surface area contributed by atoms with Crippen molar-refractivity contribution in [3.8, 4) is 11.5 Å². The Morgan fingerprint density at radius 3 is 2.05 bits per heavy atom. The van der Waals surface area contributed by atoms with Crippen molar-refractivity contribution >= 4 is 27.4 Å². The molecule has 2 N–H and O–H groups in total. The van der Waals surface area contributed by atoms with E-state index < -0.39 is 10.0 Å². The van der Waals surface area contributed by atoms with Crippen LogP contribution in [0.3, 0.4) is 0 Å². The van der Waals surface area contributed by atoms with Crippen LogP contribution in [-0.4, -0.2) is 56.2 Å². The van der Waals surface area contributed by atoms with Crippen LogP contribution in [0.1, 0.15) is 24.0 Å². The fraction of sp³-hybridized carbons (Fsp3) is 0.265. The standard InChI is InChI=1S/C34H37FN4O4S/c1-44(41,42)37-30-13-17-33(18-14-30)43-32-15-7-27(8-16-32)25-38-22-20-31(21-23-38)39(24-19-26-5-3-2-4-6-26)34(40)36-29-11-9-28(35)10-12-29/h2-18,31,37H,19-25H2,1H3,(H,36,40). The highest BCUT2D eigenvalue weighted by molar-refractivity contribution is 7.92. The summed E-state index contributed by atoms with van der Waals surface area (Å²) in [5, 5.41) is 2.96. The van der Waals surface area contributed by atoms with Crippen LogP contribution in [0.25, 0.3) is 0 Å². The Hall–Kier alpha value is -4.41. The normalized spacial score (nSPS) is 14.1. The number of benzene rings is 4. The number of urea groups is 1. The lowest BCUT2D eigenvalue weighted by molar-refractivity contribution is 0.124. The van der Waals surface area contributed by atoms with Crippen LogP contribution in [-0.2, 0) is 23.0 Å². The van der Waals surface area contributed by atoms with Gasteiger partial charge in [0, 0.05) is 43.6 Å². The van der Waals surface area contributed by atoms with Crippen LogP contribution >= 0.6 is 0 Å². The number of hydrogen-bond donors (Lipinski definition) is 2. The fourth-order valence-electron chi connectivity index (χ4n) is 5.32. The molecule has 4 aromatic carbocycles. The predicted octanol–water partition coefficient (Wildman–Crippen LogP) is 6.73. The summed E-state index contributed by atoms with van der Waals surface area (Å²) in [5.74, 6) is 0.964. The minimum Gasteiger partial charge on any atom is -0.457 e. The SMILES string of the molecule is CS(=O)(=O)Nc1ccc(Oc2ccc(CN3CCC(N(CCc4ccccc4)C(=O)Nc4ccc(F)cc4)CC3)cc2)cc1. The van der Waals surface area contributed by atoms with E-state index in [0.29, 0.717) is 29.4 Å². The van der Waals surface area contributed by atoms with Gasteiger partial charge in [-0.15, -0.1) is 0 Å². The highest BCUT2D eigenvalue weighted by Crippen LogP contribution is 2.25. The zero-order valence-corrected chi connectivity index (χ0v) is 25.5. The average Bonchev–Trinajstić information content (AvgIpc) is 3.01. The first kappa shape index (κ1) is 31.0. The van der Waals surface area contributed by atoms with Gasteiger partial charge in [0.25, 0.3) is 0 Å². The van der Waals surface area contributed by atoms with Crippen molar-refractivity contribution in [3.63, 3.8) is 0 Å². The molecule has 0 saturated carbocycles. The van der Waals surface area contributed by atoms with E-state index >= 15 is 0 Å². The highest BCUT2D eigenvalue weighted by Gasteiger charge is 2.28. The zero-order chi connectivity index (χ0) is 30.9. The van der Waals surface area contributed by atoms with Crippen molar-refractivity contribution in [3.05, 3.63) is 120 Å². The molecule has 4 aromatic rings. The number of halogens is 1. The number of nitrogens with zero attached hydrogens (tertiary/aromatic N) is 2. The topological polar surface area (TPSA) is 91.0 Å². The highest BCUT2D eigenvalue weighted by atomic mass is 32.2. The van der Waals surface area contributed by atoms with Crippen LogP contribution in [0.15, 0.2) is 103 Å². The minimum atomic E-state index is -3.33. The summed E-state index contributed by atoms with van der Waals surface area (Å²) in [6, 6.07) is 30.6. The number of hydrogen-bond acceptors (Lipinski definition) is 5. The Kier molecular flexibility index (Phi) is 10.1. The summed E-state index contributed by atoms with van der Waals surface area (Å²) in [5.41, 5.74) is 3.40. The summed E-state index contributed by atoms with van der Waals surface area (Å²) in [6.07, 6.45) is 3.58. The Labute approximate surface area is 258 Å². The van der Waals surface area contributed by atoms with Crippen molar-refractivity contribution in [2.45, 2.75) is 31.8 Å². The maximum Gasteiger partial charge on any atom is 0.322 e. The minimum absolute atomic E-state index is 0.102. The number of nitrogens with one attached hydrogen (secondary N) is 2. The molecule has 0 aromatic heterocycles. The smallest absolute Gasteiger partial charge is 0.322 e. The lowest BCUT2D eigenvalue weighted by Gasteiger charge is -2.38. The third kappa shape index (κ3) is 9.29. The third-order valence-corrected chi connectivity index (χ3v) is 8.17. The van der Waals surface area contributed by atoms with Gasteiger partial charge in [-0.2, -0.15) is 0 Å². The quantitative estimate of drug-likeness (QED) is 0.195. The number of anilines is 2. The second kappa shape index (κ2) is 14.4. The average molecular weight is 617 g/mol. The van der Waals surface area contributed by atoms with E-state index in [0.717, 1.165) is 45.2 Å². The number of piperidine rings is 1. The van der Waals surface area contributed by atoms with E-state index in [1.54, 1.807) is 36.4 Å². The molecule has 2 amide bonds. The largest absolute Gasteiger partial charge is 0.457 e. The second-order valence-electron chi connectivity index (χ2n) is 11.0. The van der Waals surface area contributed by atoms with Crippen LogP contribution < -0.4 is 14.8 Å². The molecule has 44 heavy (non-hydrogen) atoms. The van der Waals surface area contributed by atoms with E-state index in [9.17, 15) is 17.6 Å². The number of amides is 2. The van der Waals surface area contributed by atoms with E-state index in [1.807, 2.05) is 47.4 Å². The molecular formula is C34H37FN4O4S. The molecule has 10 heteroatoms. The molecule has 0 spiro atoms. The van der Waals surface area contributed by atoms with Gasteiger partial charge in [-0.3, -0.25) is 9.62 Å². The van der Waals surface area contributed by atoms with Crippen molar-refractivity contribution in [1.29, 1.82) is 0 Å². The molecule has 0 aliphatic carbocycles. The molecular weight excluding hydrogens is 579 g/mol. The predicted molar refractivity (Wildman–Crippen MR) is 172 cm³/mol. The van der Waals surface area contributed by atoms with Gasteiger partial charge >= 0.3 is 6.03 Å². The maximum atomic E-state index is 13.4. The number of sulfonamides is 1. The zero-order valence-electron chi connectivity index (χ0n) is 24.7. The molecule has 1 saturated heterocycles. The Morgan fingerprint density at radius 1 is 0.841 bits per heavy atom. The fourth-order valence-corrected chi connectivity index (χ4v) is 5.89. The first-order chi connectivity index (χ1) is 21.2. The Balaban J connectivity index is 1.14. The summed E-state index contributed by atoms with van der Waals surface area (Å²) in [6.45, 7) is 3.12. The number of rotatable bonds is 11. The van der Waals surface area contributed by atoms with Crippen molar-refractivity contribution in [1.82, 2.24) is 9.80 Å². The third-order valence-electron chi connectivity index (χ3n) is 7.56. The van der Waals surface area contributed by atoms with Crippen molar-refractivity contribution in [2.24, 2.45) is 0 Å². The van der Waals surface area contributed by atoms with Crippen molar-refractivity contribution in [2.75, 3.05) is 35.9 Å². The molecule has 1 aliphatic heterocycles. The van der Waals surface area contributed by atoms with Gasteiger partial charge in [-0.1, -0.05) is 42.5 Å². The van der Waals surface area contributed by atoms with Crippen LogP contribution in [0.5, 0.6) is 11.5 Å². The van der Waals surface area contributed by atoms with E-state index in [-0.39, 0.29) is 17.9 Å². The van der Waals surface area contributed by atoms with Gasteiger partial charge in [-0.25, -0.2) is 17.6 Å². The molecule has 8 nitrogen and oxygen atoms in total. The number of ether oxygens (including phenoxy) is 1. The molecule has 0 atom stereocenters. The Bertz CT molecular complexity index is 1610. The summed E-state index contributed by atoms with van der Waals surface area (Å²) in [7, 11) is -3.33. The van der Waals surface area contributed by atoms with Crippen molar-refractivity contribution < 1.29 is 22.3 Å². The second-order valence-corrected chi connectivity index (χ2v) is 12.8. The van der Waals surface area contributed by atoms with Crippen LogP contribution in [0, 0.1) is 5.82 Å². The Morgan fingerprint density at radius 2 is 1.43 bits per heavy atom. The lowest BCUT2D eigenvalue weighted by Crippen LogP contribution is -2.49. The van der Waals surface area contributed by atoms with E-state index in [4.69, 9.17) is 4.74 Å². The van der Waals surface area contributed by atoms with Gasteiger partial charge in [-0.05, 0) is 91.1 Å². The molecule has 1 aliphatic rings. The number of likely N-dealkylation sites (tertiary alicyclic amines) is 1. The number of carbonyl (C=O) groups excluding carboxylic acids is 1. The maximum absolute atomic E-state index is 13.4. The van der Waals surface area contributed by atoms with Gasteiger partial charge in [0.15, 0.2) is 0 Å². The number of carbonyl (C=O) groups is 1. The van der Waals surface area contributed by atoms with E-state index in [1.165, 1.54) is 23.3 Å².